The zero-order chi connectivity index (χ0) is 16.2. The minimum atomic E-state index is -3.35. The summed E-state index contributed by atoms with van der Waals surface area (Å²) in [5.74, 6) is -0.261. The number of aromatic nitrogens is 1. The first-order valence-electron chi connectivity index (χ1n) is 7.29. The molecule has 1 fully saturated rings. The number of hydrogen-bond acceptors (Lipinski definition) is 4. The Morgan fingerprint density at radius 2 is 2.18 bits per heavy atom. The van der Waals surface area contributed by atoms with Crippen LogP contribution in [0, 0.1) is 0 Å². The van der Waals surface area contributed by atoms with Crippen LogP contribution in [-0.4, -0.2) is 48.6 Å². The van der Waals surface area contributed by atoms with Crippen molar-refractivity contribution in [2.45, 2.75) is 31.8 Å². The molecule has 2 rings (SSSR count). The summed E-state index contributed by atoms with van der Waals surface area (Å²) in [5, 5.41) is 2.76. The van der Waals surface area contributed by atoms with E-state index in [1.165, 1.54) is 10.4 Å². The molecule has 22 heavy (non-hydrogen) atoms. The fourth-order valence-electron chi connectivity index (χ4n) is 2.62. The van der Waals surface area contributed by atoms with E-state index in [2.05, 4.69) is 5.32 Å². The molecule has 0 aliphatic carbocycles. The molecule has 0 unspecified atom stereocenters. The number of carbonyl (C=O) groups is 1. The van der Waals surface area contributed by atoms with Crippen LogP contribution in [-0.2, 0) is 21.4 Å². The maximum atomic E-state index is 12.1. The van der Waals surface area contributed by atoms with Crippen molar-refractivity contribution in [3.05, 3.63) is 34.7 Å². The third-order valence-electron chi connectivity index (χ3n) is 3.71. The number of pyridine rings is 1. The van der Waals surface area contributed by atoms with Gasteiger partial charge in [-0.3, -0.25) is 9.59 Å². The van der Waals surface area contributed by atoms with E-state index in [-0.39, 0.29) is 11.5 Å². The van der Waals surface area contributed by atoms with Crippen molar-refractivity contribution in [1.82, 2.24) is 14.2 Å². The van der Waals surface area contributed by atoms with Gasteiger partial charge in [-0.1, -0.05) is 6.07 Å². The zero-order valence-corrected chi connectivity index (χ0v) is 13.4. The van der Waals surface area contributed by atoms with E-state index in [1.807, 2.05) is 0 Å². The summed E-state index contributed by atoms with van der Waals surface area (Å²) in [6.45, 7) is 1.32. The van der Waals surface area contributed by atoms with E-state index in [4.69, 9.17) is 0 Å². The van der Waals surface area contributed by atoms with Gasteiger partial charge in [-0.2, -0.15) is 4.31 Å². The number of carbonyl (C=O) groups excluding carboxylic acids is 1. The van der Waals surface area contributed by atoms with E-state index in [1.54, 1.807) is 22.9 Å². The molecule has 1 amide bonds. The predicted molar refractivity (Wildman–Crippen MR) is 82.9 cm³/mol. The van der Waals surface area contributed by atoms with Gasteiger partial charge in [0.2, 0.25) is 21.5 Å². The van der Waals surface area contributed by atoms with Crippen LogP contribution >= 0.6 is 0 Å². The van der Waals surface area contributed by atoms with Gasteiger partial charge in [0.1, 0.15) is 6.04 Å². The molecule has 0 saturated carbocycles. The first kappa shape index (κ1) is 16.7. The van der Waals surface area contributed by atoms with Crippen molar-refractivity contribution in [1.29, 1.82) is 0 Å². The predicted octanol–water partition coefficient (Wildman–Crippen LogP) is -0.221. The number of sulfonamides is 1. The number of aryl methyl sites for hydroxylation is 1. The smallest absolute Gasteiger partial charge is 0.250 e. The van der Waals surface area contributed by atoms with Gasteiger partial charge in [-0.15, -0.1) is 0 Å². The van der Waals surface area contributed by atoms with E-state index in [9.17, 15) is 18.0 Å². The largest absolute Gasteiger partial charge is 0.355 e. The second kappa shape index (κ2) is 7.06. The molecule has 8 heteroatoms. The monoisotopic (exact) mass is 327 g/mol. The van der Waals surface area contributed by atoms with E-state index in [0.717, 1.165) is 6.26 Å². The molecule has 0 radical (unpaired) electrons. The minimum Gasteiger partial charge on any atom is -0.355 e. The van der Waals surface area contributed by atoms with Crippen molar-refractivity contribution in [3.8, 4) is 0 Å². The Kier molecular flexibility index (Phi) is 5.36. The molecule has 1 aromatic heterocycles. The maximum absolute atomic E-state index is 12.1. The van der Waals surface area contributed by atoms with Gasteiger partial charge in [-0.25, -0.2) is 8.42 Å². The van der Waals surface area contributed by atoms with Gasteiger partial charge in [0.25, 0.3) is 0 Å². The number of nitrogens with zero attached hydrogens (tertiary/aromatic N) is 2. The maximum Gasteiger partial charge on any atom is 0.250 e. The summed E-state index contributed by atoms with van der Waals surface area (Å²) in [4.78, 5) is 23.6. The molecule has 122 valence electrons. The molecule has 0 bridgehead atoms. The Balaban J connectivity index is 1.81. The van der Waals surface area contributed by atoms with Gasteiger partial charge in [-0.05, 0) is 25.3 Å². The summed E-state index contributed by atoms with van der Waals surface area (Å²) in [5.41, 5.74) is -0.0760. The molecular formula is C14H21N3O4S. The highest BCUT2D eigenvalue weighted by Gasteiger charge is 2.36. The van der Waals surface area contributed by atoms with Crippen LogP contribution in [0.2, 0.25) is 0 Å². The van der Waals surface area contributed by atoms with Crippen LogP contribution in [0.15, 0.2) is 29.2 Å². The Morgan fingerprint density at radius 3 is 2.86 bits per heavy atom. The lowest BCUT2D eigenvalue weighted by atomic mass is 10.2. The normalized spacial score (nSPS) is 19.2. The van der Waals surface area contributed by atoms with Gasteiger partial charge in [0, 0.05) is 31.9 Å². The molecule has 1 saturated heterocycles. The molecule has 1 N–H and O–H groups in total. The van der Waals surface area contributed by atoms with Crippen LogP contribution in [0.3, 0.4) is 0 Å². The second-order valence-corrected chi connectivity index (χ2v) is 7.34. The topological polar surface area (TPSA) is 88.5 Å². The lowest BCUT2D eigenvalue weighted by molar-refractivity contribution is -0.124. The SMILES string of the molecule is CS(=O)(=O)N1CCC[C@H]1C(=O)NCCCn1ccccc1=O. The number of nitrogens with one attached hydrogen (secondary N) is 1. The molecule has 1 aliphatic heterocycles. The van der Waals surface area contributed by atoms with Gasteiger partial charge < -0.3 is 9.88 Å². The van der Waals surface area contributed by atoms with Crippen molar-refractivity contribution in [2.75, 3.05) is 19.3 Å². The first-order valence-corrected chi connectivity index (χ1v) is 9.14. The Morgan fingerprint density at radius 1 is 1.41 bits per heavy atom. The Hall–Kier alpha value is -1.67. The van der Waals surface area contributed by atoms with Crippen LogP contribution in [0.4, 0.5) is 0 Å². The van der Waals surface area contributed by atoms with Crippen molar-refractivity contribution < 1.29 is 13.2 Å². The highest BCUT2D eigenvalue weighted by Crippen LogP contribution is 2.20. The third-order valence-corrected chi connectivity index (χ3v) is 5.00. The van der Waals surface area contributed by atoms with E-state index in [0.29, 0.717) is 38.9 Å². The van der Waals surface area contributed by atoms with Gasteiger partial charge in [0.15, 0.2) is 0 Å². The lowest BCUT2D eigenvalue weighted by Gasteiger charge is -2.21. The van der Waals surface area contributed by atoms with Crippen LogP contribution < -0.4 is 10.9 Å². The van der Waals surface area contributed by atoms with Crippen LogP contribution in [0.1, 0.15) is 19.3 Å². The summed E-state index contributed by atoms with van der Waals surface area (Å²) in [6, 6.07) is 4.35. The molecule has 1 aromatic rings. The number of hydrogen-bond donors (Lipinski definition) is 1. The fourth-order valence-corrected chi connectivity index (χ4v) is 3.75. The minimum absolute atomic E-state index is 0.0760. The molecule has 1 aliphatic rings. The summed E-state index contributed by atoms with van der Waals surface area (Å²) >= 11 is 0. The van der Waals surface area contributed by atoms with Gasteiger partial charge in [0.05, 0.1) is 6.26 Å². The average molecular weight is 327 g/mol. The second-order valence-electron chi connectivity index (χ2n) is 5.41. The summed E-state index contributed by atoms with van der Waals surface area (Å²) in [7, 11) is -3.35. The van der Waals surface area contributed by atoms with Crippen molar-refractivity contribution >= 4 is 15.9 Å². The quantitative estimate of drug-likeness (QED) is 0.732. The molecular weight excluding hydrogens is 306 g/mol. The third kappa shape index (κ3) is 4.17. The number of rotatable bonds is 6. The molecule has 0 aromatic carbocycles. The highest BCUT2D eigenvalue weighted by molar-refractivity contribution is 7.88. The lowest BCUT2D eigenvalue weighted by Crippen LogP contribution is -2.45. The standard InChI is InChI=1S/C14H21N3O4S/c1-22(20,21)17-11-4-6-12(17)14(19)15-8-5-10-16-9-3-2-7-13(16)18/h2-3,7,9,12H,4-6,8,10-11H2,1H3,(H,15,19)/t12-/m0/s1. The van der Waals surface area contributed by atoms with Crippen LogP contribution in [0.5, 0.6) is 0 Å². The number of amides is 1. The van der Waals surface area contributed by atoms with Crippen molar-refractivity contribution in [2.24, 2.45) is 0 Å². The molecule has 0 spiro atoms. The Bertz CT molecular complexity index is 683. The summed E-state index contributed by atoms with van der Waals surface area (Å²) in [6.07, 6.45) is 4.69. The Labute approximate surface area is 130 Å². The van der Waals surface area contributed by atoms with Crippen molar-refractivity contribution in [3.63, 3.8) is 0 Å². The summed E-state index contributed by atoms with van der Waals surface area (Å²) < 4.78 is 26.0. The van der Waals surface area contributed by atoms with Crippen LogP contribution in [0.25, 0.3) is 0 Å². The molecule has 1 atom stereocenters. The van der Waals surface area contributed by atoms with E-state index >= 15 is 0 Å². The first-order chi connectivity index (χ1) is 10.4. The average Bonchev–Trinajstić information content (AvgIpc) is 2.94. The van der Waals surface area contributed by atoms with E-state index < -0.39 is 16.1 Å². The zero-order valence-electron chi connectivity index (χ0n) is 12.6. The highest BCUT2D eigenvalue weighted by atomic mass is 32.2. The van der Waals surface area contributed by atoms with Gasteiger partial charge >= 0.3 is 0 Å². The molecule has 2 heterocycles. The molecule has 7 nitrogen and oxygen atoms in total. The fraction of sp³-hybridized carbons (Fsp3) is 0.571.